The zero-order valence-corrected chi connectivity index (χ0v) is 16.4. The summed E-state index contributed by atoms with van der Waals surface area (Å²) >= 11 is 3.58. The van der Waals surface area contributed by atoms with Crippen LogP contribution in [0.15, 0.2) is 52.0 Å². The number of halogens is 1. The van der Waals surface area contributed by atoms with Crippen LogP contribution in [0.4, 0.5) is 5.69 Å². The first-order valence-corrected chi connectivity index (χ1v) is 9.04. The van der Waals surface area contributed by atoms with E-state index in [2.05, 4.69) is 26.1 Å². The Balaban J connectivity index is 2.07. The highest BCUT2D eigenvalue weighted by atomic mass is 79.9. The molecule has 2 aromatic heterocycles. The molecule has 0 saturated heterocycles. The van der Waals surface area contributed by atoms with E-state index in [1.54, 1.807) is 10.9 Å². The lowest BCUT2D eigenvalue weighted by molar-refractivity contribution is 0.766. The van der Waals surface area contributed by atoms with E-state index in [1.165, 1.54) is 5.56 Å². The molecule has 0 aliphatic rings. The Morgan fingerprint density at radius 2 is 1.85 bits per heavy atom. The van der Waals surface area contributed by atoms with Crippen LogP contribution < -0.4 is 10.5 Å². The van der Waals surface area contributed by atoms with Gasteiger partial charge in [-0.05, 0) is 40.5 Å². The van der Waals surface area contributed by atoms with Gasteiger partial charge in [-0.25, -0.2) is 0 Å². The third-order valence-electron chi connectivity index (χ3n) is 4.50. The number of benzene rings is 2. The van der Waals surface area contributed by atoms with Crippen molar-refractivity contribution in [3.63, 3.8) is 0 Å². The monoisotopic (exact) mass is 411 g/mol. The molecular weight excluding hydrogens is 394 g/mol. The Hall–Kier alpha value is -2.67. The van der Waals surface area contributed by atoms with Crippen molar-refractivity contribution in [2.24, 2.45) is 0 Å². The highest BCUT2D eigenvalue weighted by Gasteiger charge is 2.18. The highest BCUT2D eigenvalue weighted by molar-refractivity contribution is 9.10. The Labute approximate surface area is 158 Å². The van der Waals surface area contributed by atoms with Crippen molar-refractivity contribution >= 4 is 38.3 Å². The summed E-state index contributed by atoms with van der Waals surface area (Å²) in [6.07, 6.45) is 1.65. The SMILES string of the molecule is Cc1ccc(Cn2c(=O)c3c(N(C)C)c(Br)ccc3n3cnnc23)cc1. The molecule has 7 heteroatoms. The second kappa shape index (κ2) is 6.25. The molecule has 0 radical (unpaired) electrons. The molecule has 0 fully saturated rings. The lowest BCUT2D eigenvalue weighted by Gasteiger charge is -2.19. The predicted octanol–water partition coefficient (Wildman–Crippen LogP) is 3.23. The minimum absolute atomic E-state index is 0.0777. The summed E-state index contributed by atoms with van der Waals surface area (Å²) in [5.41, 5.74) is 3.79. The van der Waals surface area contributed by atoms with E-state index < -0.39 is 0 Å². The second-order valence-electron chi connectivity index (χ2n) is 6.56. The molecule has 4 aromatic rings. The smallest absolute Gasteiger partial charge is 0.265 e. The van der Waals surface area contributed by atoms with E-state index in [9.17, 15) is 4.79 Å². The fourth-order valence-electron chi connectivity index (χ4n) is 3.23. The maximum absolute atomic E-state index is 13.4. The highest BCUT2D eigenvalue weighted by Crippen LogP contribution is 2.31. The van der Waals surface area contributed by atoms with Crippen molar-refractivity contribution in [1.82, 2.24) is 19.2 Å². The summed E-state index contributed by atoms with van der Waals surface area (Å²) in [4.78, 5) is 15.4. The van der Waals surface area contributed by atoms with Gasteiger partial charge in [0.2, 0.25) is 5.78 Å². The zero-order valence-electron chi connectivity index (χ0n) is 14.8. The van der Waals surface area contributed by atoms with E-state index in [0.29, 0.717) is 17.7 Å². The number of rotatable bonds is 3. The third-order valence-corrected chi connectivity index (χ3v) is 5.14. The fourth-order valence-corrected chi connectivity index (χ4v) is 3.92. The third kappa shape index (κ3) is 2.59. The number of fused-ring (bicyclic) bond motifs is 3. The van der Waals surface area contributed by atoms with Gasteiger partial charge in [-0.2, -0.15) is 0 Å². The summed E-state index contributed by atoms with van der Waals surface area (Å²) in [5, 5.41) is 8.87. The van der Waals surface area contributed by atoms with Crippen molar-refractivity contribution in [3.05, 3.63) is 68.7 Å². The van der Waals surface area contributed by atoms with E-state index in [4.69, 9.17) is 0 Å². The minimum atomic E-state index is -0.0777. The first-order chi connectivity index (χ1) is 12.5. The van der Waals surface area contributed by atoms with Gasteiger partial charge >= 0.3 is 0 Å². The average molecular weight is 412 g/mol. The predicted molar refractivity (Wildman–Crippen MR) is 107 cm³/mol. The standard InChI is InChI=1S/C19H18BrN5O/c1-12-4-6-13(7-5-12)10-24-18(26)16-15(25-11-21-22-19(24)25)9-8-14(20)17(16)23(2)3/h4-9,11H,10H2,1-3H3. The van der Waals surface area contributed by atoms with Crippen LogP contribution in [-0.2, 0) is 6.54 Å². The van der Waals surface area contributed by atoms with Crippen LogP contribution in [0.3, 0.4) is 0 Å². The van der Waals surface area contributed by atoms with Gasteiger partial charge in [-0.15, -0.1) is 10.2 Å². The number of aromatic nitrogens is 4. The number of nitrogens with zero attached hydrogens (tertiary/aromatic N) is 5. The molecule has 0 unspecified atom stereocenters. The molecule has 0 saturated carbocycles. The van der Waals surface area contributed by atoms with Gasteiger partial charge < -0.3 is 4.90 Å². The Morgan fingerprint density at radius 1 is 1.12 bits per heavy atom. The van der Waals surface area contributed by atoms with Crippen LogP contribution in [0.2, 0.25) is 0 Å². The number of hydrogen-bond acceptors (Lipinski definition) is 4. The molecule has 0 bridgehead atoms. The first-order valence-electron chi connectivity index (χ1n) is 8.25. The molecule has 132 valence electrons. The molecule has 4 rings (SSSR count). The fraction of sp³-hybridized carbons (Fsp3) is 0.211. The summed E-state index contributed by atoms with van der Waals surface area (Å²) in [6.45, 7) is 2.49. The van der Waals surface area contributed by atoms with Crippen molar-refractivity contribution in [1.29, 1.82) is 0 Å². The van der Waals surface area contributed by atoms with Crippen LogP contribution in [0.25, 0.3) is 16.7 Å². The van der Waals surface area contributed by atoms with E-state index in [0.717, 1.165) is 21.2 Å². The lowest BCUT2D eigenvalue weighted by atomic mass is 10.1. The minimum Gasteiger partial charge on any atom is -0.376 e. The van der Waals surface area contributed by atoms with Gasteiger partial charge in [0.25, 0.3) is 5.56 Å². The molecule has 0 amide bonds. The molecule has 2 aromatic carbocycles. The zero-order chi connectivity index (χ0) is 18.4. The van der Waals surface area contributed by atoms with Gasteiger partial charge in [0.15, 0.2) is 0 Å². The largest absolute Gasteiger partial charge is 0.376 e. The van der Waals surface area contributed by atoms with Crippen LogP contribution in [0.5, 0.6) is 0 Å². The normalized spacial score (nSPS) is 11.4. The van der Waals surface area contributed by atoms with Crippen molar-refractivity contribution in [2.45, 2.75) is 13.5 Å². The number of anilines is 1. The summed E-state index contributed by atoms with van der Waals surface area (Å²) in [5.74, 6) is 0.537. The van der Waals surface area contributed by atoms with Crippen LogP contribution >= 0.6 is 15.9 Å². The Morgan fingerprint density at radius 3 is 2.54 bits per heavy atom. The van der Waals surface area contributed by atoms with Crippen molar-refractivity contribution < 1.29 is 0 Å². The van der Waals surface area contributed by atoms with E-state index in [1.807, 2.05) is 66.7 Å². The van der Waals surface area contributed by atoms with Gasteiger partial charge in [0, 0.05) is 18.6 Å². The van der Waals surface area contributed by atoms with Gasteiger partial charge in [0.05, 0.1) is 23.1 Å². The maximum atomic E-state index is 13.4. The Bertz CT molecular complexity index is 1170. The summed E-state index contributed by atoms with van der Waals surface area (Å²) in [7, 11) is 3.86. The van der Waals surface area contributed by atoms with E-state index >= 15 is 0 Å². The van der Waals surface area contributed by atoms with Crippen molar-refractivity contribution in [3.8, 4) is 0 Å². The van der Waals surface area contributed by atoms with Gasteiger partial charge in [-0.1, -0.05) is 29.8 Å². The summed E-state index contributed by atoms with van der Waals surface area (Å²) in [6, 6.07) is 12.0. The molecule has 6 nitrogen and oxygen atoms in total. The summed E-state index contributed by atoms with van der Waals surface area (Å²) < 4.78 is 4.42. The number of hydrogen-bond donors (Lipinski definition) is 0. The molecule has 0 spiro atoms. The van der Waals surface area contributed by atoms with Crippen LogP contribution in [-0.4, -0.2) is 33.3 Å². The van der Waals surface area contributed by atoms with Crippen LogP contribution in [0.1, 0.15) is 11.1 Å². The molecule has 0 aliphatic carbocycles. The molecule has 0 N–H and O–H groups in total. The first kappa shape index (κ1) is 16.8. The average Bonchev–Trinajstić information content (AvgIpc) is 3.09. The number of aryl methyl sites for hydroxylation is 1. The van der Waals surface area contributed by atoms with Gasteiger partial charge in [0.1, 0.15) is 6.33 Å². The maximum Gasteiger partial charge on any atom is 0.265 e. The van der Waals surface area contributed by atoms with Crippen LogP contribution in [0, 0.1) is 6.92 Å². The van der Waals surface area contributed by atoms with Gasteiger partial charge in [-0.3, -0.25) is 13.8 Å². The topological polar surface area (TPSA) is 55.4 Å². The van der Waals surface area contributed by atoms with E-state index in [-0.39, 0.29) is 5.56 Å². The second-order valence-corrected chi connectivity index (χ2v) is 7.42. The van der Waals surface area contributed by atoms with Crippen molar-refractivity contribution in [2.75, 3.05) is 19.0 Å². The molecular formula is C19H18BrN5O. The quantitative estimate of drug-likeness (QED) is 0.519. The Kier molecular flexibility index (Phi) is 4.03. The lowest BCUT2D eigenvalue weighted by Crippen LogP contribution is -2.26. The molecule has 0 aliphatic heterocycles. The molecule has 2 heterocycles. The molecule has 0 atom stereocenters. The molecule has 26 heavy (non-hydrogen) atoms.